The van der Waals surface area contributed by atoms with Gasteiger partial charge in [0.2, 0.25) is 0 Å². The molecule has 0 amide bonds. The lowest BCUT2D eigenvalue weighted by atomic mass is 9.88. The molecule has 0 fully saturated rings. The van der Waals surface area contributed by atoms with Crippen molar-refractivity contribution in [2.75, 3.05) is 6.54 Å². The van der Waals surface area contributed by atoms with Gasteiger partial charge < -0.3 is 4.74 Å². The number of fused-ring (bicyclic) bond motifs is 3. The third-order valence-corrected chi connectivity index (χ3v) is 6.55. The lowest BCUT2D eigenvalue weighted by Gasteiger charge is -2.42. The molecule has 2 atom stereocenters. The normalized spacial score (nSPS) is 19.1. The summed E-state index contributed by atoms with van der Waals surface area (Å²) in [6, 6.07) is 6.75. The van der Waals surface area contributed by atoms with Gasteiger partial charge in [-0.2, -0.15) is 13.2 Å². The molecule has 0 saturated carbocycles. The van der Waals surface area contributed by atoms with Gasteiger partial charge in [-0.05, 0) is 80.5 Å². The van der Waals surface area contributed by atoms with E-state index in [-0.39, 0.29) is 15.7 Å². The molecule has 1 aromatic heterocycles. The van der Waals surface area contributed by atoms with E-state index in [1.54, 1.807) is 74.6 Å². The first-order valence-corrected chi connectivity index (χ1v) is 12.1. The van der Waals surface area contributed by atoms with Crippen molar-refractivity contribution in [3.05, 3.63) is 68.4 Å². The molecule has 188 valence electrons. The van der Waals surface area contributed by atoms with Gasteiger partial charge in [-0.15, -0.1) is 0 Å². The maximum absolute atomic E-state index is 15.3. The molecular formula is C25H24F5IN2O2. The molecule has 10 heteroatoms. The number of benzene rings is 2. The summed E-state index contributed by atoms with van der Waals surface area (Å²) >= 11 is 1.74. The Morgan fingerprint density at radius 2 is 1.71 bits per heavy atom. The van der Waals surface area contributed by atoms with E-state index in [1.807, 2.05) is 0 Å². The number of para-hydroxylation sites is 1. The molecule has 3 aromatic rings. The molecule has 2 aromatic carbocycles. The fraction of sp³-hybridized carbons (Fsp3) is 0.400. The molecule has 4 rings (SSSR count). The summed E-state index contributed by atoms with van der Waals surface area (Å²) in [6.45, 7) is 5.17. The number of carbonyl (C=O) groups is 1. The summed E-state index contributed by atoms with van der Waals surface area (Å²) in [7, 11) is 0. The Bertz CT molecular complexity index is 1270. The maximum Gasteiger partial charge on any atom is 0.419 e. The van der Waals surface area contributed by atoms with Crippen LogP contribution in [0.3, 0.4) is 0 Å². The van der Waals surface area contributed by atoms with Gasteiger partial charge in [-0.25, -0.2) is 18.1 Å². The van der Waals surface area contributed by atoms with Crippen LogP contribution in [-0.2, 0) is 11.2 Å². The van der Waals surface area contributed by atoms with E-state index in [9.17, 15) is 18.0 Å². The molecule has 2 heterocycles. The number of halogens is 6. The second kappa shape index (κ2) is 9.02. The van der Waals surface area contributed by atoms with Gasteiger partial charge in [0.25, 0.3) is 0 Å². The topological polar surface area (TPSA) is 34.5 Å². The van der Waals surface area contributed by atoms with Crippen LogP contribution in [0.25, 0.3) is 10.9 Å². The first-order chi connectivity index (χ1) is 16.2. The van der Waals surface area contributed by atoms with Crippen molar-refractivity contribution in [2.45, 2.75) is 58.0 Å². The molecular weight excluding hydrogens is 582 g/mol. The Hall–Kier alpha value is -2.21. The van der Waals surface area contributed by atoms with Gasteiger partial charge in [0.15, 0.2) is 0 Å². The third-order valence-electron chi connectivity index (χ3n) is 5.93. The number of hydrogen-bond donors (Lipinski definition) is 0. The predicted octanol–water partition coefficient (Wildman–Crippen LogP) is 7.21. The average Bonchev–Trinajstić information content (AvgIpc) is 3.01. The van der Waals surface area contributed by atoms with Crippen molar-refractivity contribution >= 4 is 39.6 Å². The van der Waals surface area contributed by atoms with Crippen LogP contribution in [0, 0.1) is 15.2 Å². The molecule has 0 saturated heterocycles. The Morgan fingerprint density at radius 1 is 1.11 bits per heavy atom. The van der Waals surface area contributed by atoms with Gasteiger partial charge in [0.05, 0.1) is 23.8 Å². The van der Waals surface area contributed by atoms with Gasteiger partial charge in [-0.1, -0.05) is 18.2 Å². The number of nitrogens with zero attached hydrogens (tertiary/aromatic N) is 2. The van der Waals surface area contributed by atoms with Crippen LogP contribution >= 0.6 is 22.6 Å². The zero-order valence-corrected chi connectivity index (χ0v) is 21.7. The molecule has 1 aliphatic heterocycles. The molecule has 0 radical (unpaired) electrons. The van der Waals surface area contributed by atoms with Gasteiger partial charge >= 0.3 is 12.3 Å². The summed E-state index contributed by atoms with van der Waals surface area (Å²) in [5, 5.41) is 0.628. The molecule has 4 nitrogen and oxygen atoms in total. The van der Waals surface area contributed by atoms with E-state index in [2.05, 4.69) is 0 Å². The summed E-state index contributed by atoms with van der Waals surface area (Å²) in [6.07, 6.45) is -5.30. The van der Waals surface area contributed by atoms with Crippen LogP contribution < -0.4 is 0 Å². The monoisotopic (exact) mass is 606 g/mol. The number of rotatable bonds is 2. The van der Waals surface area contributed by atoms with Crippen molar-refractivity contribution < 1.29 is 31.5 Å². The quantitative estimate of drug-likeness (QED) is 0.229. The Morgan fingerprint density at radius 3 is 2.29 bits per heavy atom. The van der Waals surface area contributed by atoms with E-state index >= 15 is 8.78 Å². The highest BCUT2D eigenvalue weighted by Crippen LogP contribution is 2.45. The number of alkyl halides is 3. The van der Waals surface area contributed by atoms with Crippen molar-refractivity contribution in [1.29, 1.82) is 0 Å². The van der Waals surface area contributed by atoms with Crippen LogP contribution in [-0.4, -0.2) is 39.9 Å². The first-order valence-electron chi connectivity index (χ1n) is 11.0. The SMILES string of the molecule is C[C@@H]1Cc2c(n(C(=O)OC(C)(C)C)c3ccccc23)[C@@H](c2c(F)cc(I)cc2F)N1CC(F)(F)F. The molecule has 0 spiro atoms. The van der Waals surface area contributed by atoms with Gasteiger partial charge in [0, 0.05) is 20.6 Å². The van der Waals surface area contributed by atoms with Gasteiger partial charge in [0.1, 0.15) is 17.2 Å². The van der Waals surface area contributed by atoms with Gasteiger partial charge in [-0.3, -0.25) is 4.90 Å². The third kappa shape index (κ3) is 5.04. The van der Waals surface area contributed by atoms with Crippen molar-refractivity contribution in [3.8, 4) is 0 Å². The standard InChI is InChI=1S/C25H24F5IN2O2/c1-13-9-16-15-7-5-6-8-19(15)33(23(34)35-24(2,3)4)21(16)22(32(13)12-25(28,29)30)20-17(26)10-14(31)11-18(20)27/h5-8,10-11,13,22H,9,12H2,1-4H3/t13-,22-/m1/s1. The smallest absolute Gasteiger partial charge is 0.419 e. The second-order valence-corrected chi connectivity index (χ2v) is 11.0. The van der Waals surface area contributed by atoms with E-state index in [0.717, 1.165) is 17.0 Å². The van der Waals surface area contributed by atoms with Crippen LogP contribution in [0.5, 0.6) is 0 Å². The van der Waals surface area contributed by atoms with Crippen LogP contribution in [0.2, 0.25) is 0 Å². The minimum absolute atomic E-state index is 0.0850. The predicted molar refractivity (Wildman–Crippen MR) is 130 cm³/mol. The van der Waals surface area contributed by atoms with Crippen molar-refractivity contribution in [2.24, 2.45) is 0 Å². The van der Waals surface area contributed by atoms with E-state index in [0.29, 0.717) is 16.5 Å². The minimum Gasteiger partial charge on any atom is -0.443 e. The molecule has 0 N–H and O–H groups in total. The summed E-state index contributed by atoms with van der Waals surface area (Å²) in [4.78, 5) is 14.4. The number of carbonyl (C=O) groups excluding carboxylic acids is 1. The van der Waals surface area contributed by atoms with Crippen LogP contribution in [0.1, 0.15) is 50.6 Å². The summed E-state index contributed by atoms with van der Waals surface area (Å²) in [5.74, 6) is -1.96. The summed E-state index contributed by atoms with van der Waals surface area (Å²) < 4.78 is 78.7. The number of ether oxygens (including phenoxy) is 1. The highest BCUT2D eigenvalue weighted by molar-refractivity contribution is 14.1. The lowest BCUT2D eigenvalue weighted by molar-refractivity contribution is -0.155. The van der Waals surface area contributed by atoms with Crippen LogP contribution in [0.15, 0.2) is 36.4 Å². The second-order valence-electron chi connectivity index (χ2n) is 9.72. The molecule has 1 aliphatic rings. The van der Waals surface area contributed by atoms with Crippen LogP contribution in [0.4, 0.5) is 26.7 Å². The Kier molecular flexibility index (Phi) is 6.67. The fourth-order valence-electron chi connectivity index (χ4n) is 4.73. The molecule has 0 bridgehead atoms. The molecule has 35 heavy (non-hydrogen) atoms. The Balaban J connectivity index is 2.08. The highest BCUT2D eigenvalue weighted by atomic mass is 127. The Labute approximate surface area is 213 Å². The van der Waals surface area contributed by atoms with E-state index in [1.165, 1.54) is 4.57 Å². The molecule has 0 unspecified atom stereocenters. The maximum atomic E-state index is 15.3. The number of aromatic nitrogens is 1. The van der Waals surface area contributed by atoms with E-state index in [4.69, 9.17) is 4.74 Å². The fourth-order valence-corrected chi connectivity index (χ4v) is 5.27. The molecule has 0 aliphatic carbocycles. The van der Waals surface area contributed by atoms with Crippen molar-refractivity contribution in [1.82, 2.24) is 9.47 Å². The zero-order chi connectivity index (χ0) is 25.9. The average molecular weight is 606 g/mol. The highest BCUT2D eigenvalue weighted by Gasteiger charge is 2.45. The number of hydrogen-bond acceptors (Lipinski definition) is 3. The first kappa shape index (κ1) is 25.9. The van der Waals surface area contributed by atoms with Crippen molar-refractivity contribution in [3.63, 3.8) is 0 Å². The van der Waals surface area contributed by atoms with E-state index < -0.39 is 53.7 Å². The minimum atomic E-state index is -4.64. The largest absolute Gasteiger partial charge is 0.443 e. The summed E-state index contributed by atoms with van der Waals surface area (Å²) in [5.41, 5.74) is -0.376. The zero-order valence-electron chi connectivity index (χ0n) is 19.5. The lowest BCUT2D eigenvalue weighted by Crippen LogP contribution is -2.48.